The van der Waals surface area contributed by atoms with Crippen molar-refractivity contribution in [1.82, 2.24) is 15.1 Å². The molecular weight excluding hydrogens is 332 g/mol. The smallest absolute Gasteiger partial charge is 0.151 e. The van der Waals surface area contributed by atoms with E-state index in [0.29, 0.717) is 11.2 Å². The van der Waals surface area contributed by atoms with Crippen LogP contribution in [0.1, 0.15) is 51.9 Å². The number of piperidine rings is 1. The molecule has 1 fully saturated rings. The minimum absolute atomic E-state index is 0.442. The molecule has 0 spiro atoms. The summed E-state index contributed by atoms with van der Waals surface area (Å²) in [6.07, 6.45) is 13.1. The quantitative estimate of drug-likeness (QED) is 0.470. The normalized spacial score (nSPS) is 15.6. The lowest BCUT2D eigenvalue weighted by Gasteiger charge is -2.36. The van der Waals surface area contributed by atoms with Crippen LogP contribution in [0.5, 0.6) is 0 Å². The Morgan fingerprint density at radius 2 is 2.00 bits per heavy atom. The predicted octanol–water partition coefficient (Wildman–Crippen LogP) is 4.71. The summed E-state index contributed by atoms with van der Waals surface area (Å²) in [4.78, 5) is 4.72. The molecule has 1 saturated heterocycles. The highest BCUT2D eigenvalue weighted by molar-refractivity contribution is 6.29. The zero-order valence-electron chi connectivity index (χ0n) is 15.6. The second-order valence-corrected chi connectivity index (χ2v) is 7.17. The monoisotopic (exact) mass is 362 g/mol. The molecule has 5 heteroatoms. The predicted molar refractivity (Wildman–Crippen MR) is 106 cm³/mol. The summed E-state index contributed by atoms with van der Waals surface area (Å²) in [6.45, 7) is 5.48. The maximum absolute atomic E-state index is 5.81. The second kappa shape index (κ2) is 11.3. The van der Waals surface area contributed by atoms with Gasteiger partial charge >= 0.3 is 0 Å². The highest BCUT2D eigenvalue weighted by Gasteiger charge is 2.22. The molecular formula is C20H31ClN4. The summed E-state index contributed by atoms with van der Waals surface area (Å²) < 4.78 is 0. The largest absolute Gasteiger partial charge is 0.355 e. The topological polar surface area (TPSA) is 32.3 Å². The van der Waals surface area contributed by atoms with Crippen LogP contribution in [0.2, 0.25) is 5.15 Å². The van der Waals surface area contributed by atoms with Crippen molar-refractivity contribution in [1.29, 1.82) is 0 Å². The van der Waals surface area contributed by atoms with E-state index >= 15 is 0 Å². The summed E-state index contributed by atoms with van der Waals surface area (Å²) in [5.74, 6) is 0.897. The first-order valence-corrected chi connectivity index (χ1v) is 9.92. The Morgan fingerprint density at radius 3 is 2.68 bits per heavy atom. The molecule has 1 aromatic rings. The molecule has 0 saturated carbocycles. The van der Waals surface area contributed by atoms with E-state index in [1.165, 1.54) is 25.7 Å². The summed E-state index contributed by atoms with van der Waals surface area (Å²) in [5, 5.41) is 8.56. The van der Waals surface area contributed by atoms with Crippen molar-refractivity contribution < 1.29 is 0 Å². The number of halogens is 1. The number of likely N-dealkylation sites (tertiary alicyclic amines) is 1. The van der Waals surface area contributed by atoms with E-state index in [0.717, 1.165) is 44.7 Å². The fraction of sp³-hybridized carbons (Fsp3) is 0.650. The summed E-state index contributed by atoms with van der Waals surface area (Å²) >= 11 is 5.81. The molecule has 0 aromatic carbocycles. The Morgan fingerprint density at radius 1 is 1.20 bits per heavy atom. The van der Waals surface area contributed by atoms with Crippen LogP contribution < -0.4 is 4.90 Å². The molecule has 0 bridgehead atoms. The highest BCUT2D eigenvalue weighted by Crippen LogP contribution is 2.20. The van der Waals surface area contributed by atoms with E-state index in [1.807, 2.05) is 6.07 Å². The average molecular weight is 363 g/mol. The van der Waals surface area contributed by atoms with Crippen molar-refractivity contribution in [2.45, 2.75) is 57.9 Å². The number of hydrogen-bond donors (Lipinski definition) is 0. The van der Waals surface area contributed by atoms with Gasteiger partial charge in [-0.15, -0.1) is 15.9 Å². The average Bonchev–Trinajstić information content (AvgIpc) is 2.64. The highest BCUT2D eigenvalue weighted by atomic mass is 35.5. The van der Waals surface area contributed by atoms with Crippen LogP contribution in [0.4, 0.5) is 5.82 Å². The number of rotatable bonds is 9. The molecule has 4 nitrogen and oxygen atoms in total. The summed E-state index contributed by atoms with van der Waals surface area (Å²) in [7, 11) is 2.10. The molecule has 2 heterocycles. The third-order valence-electron chi connectivity index (χ3n) is 4.87. The third-order valence-corrected chi connectivity index (χ3v) is 5.07. The van der Waals surface area contributed by atoms with Crippen LogP contribution >= 0.6 is 11.6 Å². The lowest BCUT2D eigenvalue weighted by atomic mass is 10.0. The van der Waals surface area contributed by atoms with Gasteiger partial charge in [0.25, 0.3) is 0 Å². The Bertz CT molecular complexity index is 543. The molecule has 138 valence electrons. The van der Waals surface area contributed by atoms with Gasteiger partial charge in [-0.3, -0.25) is 4.90 Å². The molecule has 1 aliphatic rings. The lowest BCUT2D eigenvalue weighted by Crippen LogP contribution is -2.43. The van der Waals surface area contributed by atoms with Gasteiger partial charge in [0.05, 0.1) is 0 Å². The first-order chi connectivity index (χ1) is 12.2. The van der Waals surface area contributed by atoms with E-state index in [2.05, 4.69) is 51.9 Å². The van der Waals surface area contributed by atoms with E-state index < -0.39 is 0 Å². The van der Waals surface area contributed by atoms with Gasteiger partial charge in [0.1, 0.15) is 0 Å². The van der Waals surface area contributed by atoms with Gasteiger partial charge in [0.15, 0.2) is 11.0 Å². The fourth-order valence-corrected chi connectivity index (χ4v) is 3.30. The van der Waals surface area contributed by atoms with Gasteiger partial charge in [0, 0.05) is 32.7 Å². The first kappa shape index (κ1) is 20.0. The van der Waals surface area contributed by atoms with Crippen LogP contribution in [-0.4, -0.2) is 47.8 Å². The molecule has 0 aliphatic carbocycles. The van der Waals surface area contributed by atoms with Gasteiger partial charge in [-0.2, -0.15) is 0 Å². The van der Waals surface area contributed by atoms with Crippen molar-refractivity contribution in [3.05, 3.63) is 35.2 Å². The minimum atomic E-state index is 0.442. The van der Waals surface area contributed by atoms with Crippen LogP contribution in [0.3, 0.4) is 0 Å². The first-order valence-electron chi connectivity index (χ1n) is 9.54. The molecule has 0 atom stereocenters. The van der Waals surface area contributed by atoms with Crippen molar-refractivity contribution in [3.63, 3.8) is 0 Å². The Kier molecular flexibility index (Phi) is 9.03. The zero-order valence-corrected chi connectivity index (χ0v) is 16.4. The number of nitrogens with zero attached hydrogens (tertiary/aromatic N) is 4. The van der Waals surface area contributed by atoms with Crippen LogP contribution in [0.15, 0.2) is 30.0 Å². The maximum atomic E-state index is 5.81. The number of aromatic nitrogens is 2. The van der Waals surface area contributed by atoms with Crippen molar-refractivity contribution >= 4 is 17.4 Å². The lowest BCUT2D eigenvalue weighted by molar-refractivity contribution is 0.230. The van der Waals surface area contributed by atoms with E-state index in [9.17, 15) is 0 Å². The van der Waals surface area contributed by atoms with Crippen LogP contribution in [-0.2, 0) is 0 Å². The van der Waals surface area contributed by atoms with Crippen LogP contribution in [0.25, 0.3) is 0 Å². The number of hydrogen-bond acceptors (Lipinski definition) is 4. The number of unbranched alkanes of at least 4 members (excludes halogenated alkanes) is 4. The molecule has 25 heavy (non-hydrogen) atoms. The molecule has 0 unspecified atom stereocenters. The molecule has 0 amide bonds. The second-order valence-electron chi connectivity index (χ2n) is 6.78. The Balaban J connectivity index is 1.67. The van der Waals surface area contributed by atoms with E-state index in [1.54, 1.807) is 6.07 Å². The number of anilines is 1. The minimum Gasteiger partial charge on any atom is -0.355 e. The maximum Gasteiger partial charge on any atom is 0.151 e. The SMILES string of the molecule is CCCCCCC=C=CCN1CCC(N(C)c2ccc(Cl)nn2)CC1. The van der Waals surface area contributed by atoms with Crippen molar-refractivity contribution in [2.75, 3.05) is 31.6 Å². The van der Waals surface area contributed by atoms with Gasteiger partial charge in [-0.1, -0.05) is 37.8 Å². The Hall–Kier alpha value is -1.35. The molecule has 1 aromatic heterocycles. The third kappa shape index (κ3) is 7.19. The zero-order chi connectivity index (χ0) is 17.9. The van der Waals surface area contributed by atoms with Gasteiger partial charge in [-0.05, 0) is 50.0 Å². The Labute approximate surface area is 157 Å². The van der Waals surface area contributed by atoms with Gasteiger partial charge < -0.3 is 4.90 Å². The fourth-order valence-electron chi connectivity index (χ4n) is 3.19. The molecule has 2 rings (SSSR count). The van der Waals surface area contributed by atoms with E-state index in [-0.39, 0.29) is 0 Å². The standard InChI is InChI=1S/C20H31ClN4/c1-3-4-5-6-7-8-9-10-15-25-16-13-18(14-17-25)24(2)20-12-11-19(21)22-23-20/h8,10-12,18H,3-7,13-17H2,1-2H3. The molecule has 0 radical (unpaired) electrons. The molecule has 1 aliphatic heterocycles. The van der Waals surface area contributed by atoms with Crippen molar-refractivity contribution in [2.24, 2.45) is 0 Å². The van der Waals surface area contributed by atoms with E-state index in [4.69, 9.17) is 11.6 Å². The summed E-state index contributed by atoms with van der Waals surface area (Å²) in [5.41, 5.74) is 3.34. The van der Waals surface area contributed by atoms with Gasteiger partial charge in [-0.25, -0.2) is 0 Å². The summed E-state index contributed by atoms with van der Waals surface area (Å²) in [6, 6.07) is 4.26. The van der Waals surface area contributed by atoms with Crippen molar-refractivity contribution in [3.8, 4) is 0 Å². The molecule has 0 N–H and O–H groups in total. The van der Waals surface area contributed by atoms with Gasteiger partial charge in [0.2, 0.25) is 0 Å². The van der Waals surface area contributed by atoms with Crippen LogP contribution in [0, 0.1) is 0 Å².